The molecular formula is C11H13F2N. The summed E-state index contributed by atoms with van der Waals surface area (Å²) in [6.45, 7) is 2.00. The molecule has 1 unspecified atom stereocenters. The summed E-state index contributed by atoms with van der Waals surface area (Å²) in [4.78, 5) is 0. The highest BCUT2D eigenvalue weighted by molar-refractivity contribution is 5.45. The Morgan fingerprint density at radius 1 is 1.36 bits per heavy atom. The Balaban J connectivity index is 2.11. The van der Waals surface area contributed by atoms with Crippen LogP contribution < -0.4 is 5.32 Å². The second-order valence-electron chi connectivity index (χ2n) is 3.87. The van der Waals surface area contributed by atoms with Gasteiger partial charge in [0, 0.05) is 6.04 Å². The van der Waals surface area contributed by atoms with Crippen molar-refractivity contribution >= 4 is 5.69 Å². The third-order valence-electron chi connectivity index (χ3n) is 2.66. The highest BCUT2D eigenvalue weighted by Crippen LogP contribution is 2.34. The molecule has 76 valence electrons. The minimum atomic E-state index is -0.794. The van der Waals surface area contributed by atoms with Crippen molar-refractivity contribution in [2.45, 2.75) is 25.8 Å². The van der Waals surface area contributed by atoms with Crippen LogP contribution in [0.1, 0.15) is 19.8 Å². The van der Waals surface area contributed by atoms with Gasteiger partial charge in [0.15, 0.2) is 11.6 Å². The Hall–Kier alpha value is -1.12. The lowest BCUT2D eigenvalue weighted by atomic mass is 10.2. The summed E-state index contributed by atoms with van der Waals surface area (Å²) in [5, 5.41) is 3.00. The first-order chi connectivity index (χ1) is 6.68. The predicted molar refractivity (Wildman–Crippen MR) is 52.2 cm³/mol. The van der Waals surface area contributed by atoms with Gasteiger partial charge in [-0.1, -0.05) is 6.07 Å². The van der Waals surface area contributed by atoms with Crippen molar-refractivity contribution < 1.29 is 8.78 Å². The zero-order valence-electron chi connectivity index (χ0n) is 8.06. The van der Waals surface area contributed by atoms with Crippen LogP contribution in [-0.2, 0) is 0 Å². The zero-order chi connectivity index (χ0) is 10.1. The summed E-state index contributed by atoms with van der Waals surface area (Å²) in [5.41, 5.74) is 0.268. The van der Waals surface area contributed by atoms with E-state index in [9.17, 15) is 8.78 Å². The van der Waals surface area contributed by atoms with Gasteiger partial charge in [-0.15, -0.1) is 0 Å². The van der Waals surface area contributed by atoms with E-state index in [0.717, 1.165) is 6.07 Å². The molecule has 0 amide bonds. The van der Waals surface area contributed by atoms with Crippen LogP contribution in [0.25, 0.3) is 0 Å². The summed E-state index contributed by atoms with van der Waals surface area (Å²) in [6, 6.07) is 4.44. The summed E-state index contributed by atoms with van der Waals surface area (Å²) < 4.78 is 26.0. The van der Waals surface area contributed by atoms with Crippen LogP contribution in [0.3, 0.4) is 0 Å². The molecule has 1 N–H and O–H groups in total. The Labute approximate surface area is 82.1 Å². The van der Waals surface area contributed by atoms with E-state index in [-0.39, 0.29) is 11.7 Å². The highest BCUT2D eigenvalue weighted by atomic mass is 19.2. The number of nitrogens with one attached hydrogen (secondary N) is 1. The van der Waals surface area contributed by atoms with E-state index in [2.05, 4.69) is 5.32 Å². The van der Waals surface area contributed by atoms with E-state index >= 15 is 0 Å². The molecule has 1 fully saturated rings. The molecule has 3 heteroatoms. The summed E-state index contributed by atoms with van der Waals surface area (Å²) in [5.74, 6) is -0.948. The van der Waals surface area contributed by atoms with Crippen molar-refractivity contribution in [2.75, 3.05) is 5.32 Å². The Morgan fingerprint density at radius 3 is 2.71 bits per heavy atom. The Morgan fingerprint density at radius 2 is 2.07 bits per heavy atom. The maximum atomic E-state index is 13.2. The van der Waals surface area contributed by atoms with Crippen LogP contribution in [0.2, 0.25) is 0 Å². The fourth-order valence-electron chi connectivity index (χ4n) is 1.57. The quantitative estimate of drug-likeness (QED) is 0.784. The lowest BCUT2D eigenvalue weighted by Gasteiger charge is -2.14. The van der Waals surface area contributed by atoms with Gasteiger partial charge in [0.1, 0.15) is 0 Å². The van der Waals surface area contributed by atoms with Gasteiger partial charge >= 0.3 is 0 Å². The normalized spacial score (nSPS) is 17.9. The molecule has 1 saturated carbocycles. The van der Waals surface area contributed by atoms with Gasteiger partial charge in [0.2, 0.25) is 0 Å². The largest absolute Gasteiger partial charge is 0.380 e. The average molecular weight is 197 g/mol. The Bertz CT molecular complexity index is 334. The molecule has 0 saturated heterocycles. The molecule has 0 heterocycles. The third-order valence-corrected chi connectivity index (χ3v) is 2.66. The van der Waals surface area contributed by atoms with Crippen LogP contribution in [-0.4, -0.2) is 6.04 Å². The molecular weight excluding hydrogens is 184 g/mol. The molecule has 1 nitrogen and oxygen atoms in total. The number of halogens is 2. The second-order valence-corrected chi connectivity index (χ2v) is 3.87. The molecule has 0 aromatic heterocycles. The van der Waals surface area contributed by atoms with Gasteiger partial charge in [0.25, 0.3) is 0 Å². The first kappa shape index (κ1) is 9.44. The molecule has 1 aromatic carbocycles. The van der Waals surface area contributed by atoms with Gasteiger partial charge in [-0.05, 0) is 37.8 Å². The minimum Gasteiger partial charge on any atom is -0.380 e. The van der Waals surface area contributed by atoms with Crippen molar-refractivity contribution in [3.63, 3.8) is 0 Å². The van der Waals surface area contributed by atoms with Crippen LogP contribution in [0, 0.1) is 17.6 Å². The van der Waals surface area contributed by atoms with Crippen LogP contribution >= 0.6 is 0 Å². The van der Waals surface area contributed by atoms with E-state index in [4.69, 9.17) is 0 Å². The predicted octanol–water partition coefficient (Wildman–Crippen LogP) is 3.18. The van der Waals surface area contributed by atoms with Crippen LogP contribution in [0.15, 0.2) is 18.2 Å². The zero-order valence-corrected chi connectivity index (χ0v) is 8.06. The molecule has 1 aliphatic rings. The highest BCUT2D eigenvalue weighted by Gasteiger charge is 2.28. The van der Waals surface area contributed by atoms with Crippen molar-refractivity contribution in [3.05, 3.63) is 29.8 Å². The van der Waals surface area contributed by atoms with Gasteiger partial charge in [-0.3, -0.25) is 0 Å². The van der Waals surface area contributed by atoms with Gasteiger partial charge < -0.3 is 5.32 Å². The smallest absolute Gasteiger partial charge is 0.181 e. The monoisotopic (exact) mass is 197 g/mol. The van der Waals surface area contributed by atoms with E-state index in [1.165, 1.54) is 18.9 Å². The van der Waals surface area contributed by atoms with Crippen molar-refractivity contribution in [1.29, 1.82) is 0 Å². The van der Waals surface area contributed by atoms with Crippen molar-refractivity contribution in [2.24, 2.45) is 5.92 Å². The second kappa shape index (κ2) is 3.56. The number of hydrogen-bond acceptors (Lipinski definition) is 1. The van der Waals surface area contributed by atoms with Gasteiger partial charge in [-0.25, -0.2) is 8.78 Å². The molecule has 14 heavy (non-hydrogen) atoms. The maximum absolute atomic E-state index is 13.2. The number of hydrogen-bond donors (Lipinski definition) is 1. The molecule has 0 aliphatic heterocycles. The third kappa shape index (κ3) is 1.86. The Kier molecular flexibility index (Phi) is 2.40. The SMILES string of the molecule is CC(Nc1cccc(F)c1F)C1CC1. The van der Waals surface area contributed by atoms with Crippen LogP contribution in [0.5, 0.6) is 0 Å². The fourth-order valence-corrected chi connectivity index (χ4v) is 1.57. The van der Waals surface area contributed by atoms with E-state index in [1.807, 2.05) is 6.92 Å². The molecule has 0 bridgehead atoms. The van der Waals surface area contributed by atoms with E-state index < -0.39 is 11.6 Å². The number of benzene rings is 1. The first-order valence-corrected chi connectivity index (χ1v) is 4.89. The van der Waals surface area contributed by atoms with Gasteiger partial charge in [0.05, 0.1) is 5.69 Å². The number of anilines is 1. The van der Waals surface area contributed by atoms with Gasteiger partial charge in [-0.2, -0.15) is 0 Å². The fraction of sp³-hybridized carbons (Fsp3) is 0.455. The summed E-state index contributed by atoms with van der Waals surface area (Å²) in [7, 11) is 0. The average Bonchev–Trinajstić information content (AvgIpc) is 2.95. The topological polar surface area (TPSA) is 12.0 Å². The maximum Gasteiger partial charge on any atom is 0.181 e. The van der Waals surface area contributed by atoms with Crippen molar-refractivity contribution in [1.82, 2.24) is 0 Å². The minimum absolute atomic E-state index is 0.228. The van der Waals surface area contributed by atoms with E-state index in [1.54, 1.807) is 6.07 Å². The number of rotatable bonds is 3. The molecule has 1 aromatic rings. The lowest BCUT2D eigenvalue weighted by Crippen LogP contribution is -2.18. The molecule has 0 radical (unpaired) electrons. The summed E-state index contributed by atoms with van der Waals surface area (Å²) >= 11 is 0. The van der Waals surface area contributed by atoms with Crippen molar-refractivity contribution in [3.8, 4) is 0 Å². The first-order valence-electron chi connectivity index (χ1n) is 4.89. The molecule has 1 atom stereocenters. The lowest BCUT2D eigenvalue weighted by molar-refractivity contribution is 0.509. The molecule has 0 spiro atoms. The summed E-state index contributed by atoms with van der Waals surface area (Å²) in [6.07, 6.45) is 2.37. The van der Waals surface area contributed by atoms with E-state index in [0.29, 0.717) is 5.92 Å². The molecule has 2 rings (SSSR count). The molecule has 1 aliphatic carbocycles. The van der Waals surface area contributed by atoms with Crippen LogP contribution in [0.4, 0.5) is 14.5 Å². The standard InChI is InChI=1S/C11H13F2N/c1-7(8-5-6-8)14-10-4-2-3-9(12)11(10)13/h2-4,7-8,14H,5-6H2,1H3.